The maximum absolute atomic E-state index is 5.50. The first-order valence-corrected chi connectivity index (χ1v) is 7.78. The molecule has 0 heterocycles. The van der Waals surface area contributed by atoms with Crippen molar-refractivity contribution in [3.8, 4) is 5.75 Å². The third kappa shape index (κ3) is 3.21. The molecule has 2 aromatic carbocycles. The van der Waals surface area contributed by atoms with Gasteiger partial charge in [-0.05, 0) is 37.1 Å². The zero-order valence-corrected chi connectivity index (χ0v) is 14.4. The fourth-order valence-corrected chi connectivity index (χ4v) is 3.06. The average molecular weight is 384 g/mol. The molecule has 100 valence electrons. The summed E-state index contributed by atoms with van der Waals surface area (Å²) in [6.45, 7) is 4.16. The van der Waals surface area contributed by atoms with E-state index in [2.05, 4.69) is 82.1 Å². The van der Waals surface area contributed by atoms with Crippen LogP contribution in [0.3, 0.4) is 0 Å². The van der Waals surface area contributed by atoms with Gasteiger partial charge in [-0.25, -0.2) is 0 Å². The molecule has 1 atom stereocenters. The second-order valence-electron chi connectivity index (χ2n) is 4.62. The minimum atomic E-state index is 0.124. The lowest BCUT2D eigenvalue weighted by molar-refractivity contribution is 0.410. The Bertz CT molecular complexity index is 593. The Morgan fingerprint density at radius 2 is 1.84 bits per heavy atom. The molecule has 0 radical (unpaired) electrons. The zero-order valence-electron chi connectivity index (χ0n) is 11.2. The van der Waals surface area contributed by atoms with Crippen LogP contribution in [0.1, 0.15) is 27.1 Å². The van der Waals surface area contributed by atoms with E-state index in [1.54, 1.807) is 7.11 Å². The van der Waals surface area contributed by atoms with E-state index in [0.29, 0.717) is 0 Å². The van der Waals surface area contributed by atoms with Crippen molar-refractivity contribution in [3.63, 3.8) is 0 Å². The Morgan fingerprint density at radius 1 is 1.11 bits per heavy atom. The predicted octanol–water partition coefficient (Wildman–Crippen LogP) is 5.56. The number of benzene rings is 2. The summed E-state index contributed by atoms with van der Waals surface area (Å²) < 4.78 is 6.60. The number of alkyl halides is 1. The van der Waals surface area contributed by atoms with E-state index in [9.17, 15) is 0 Å². The summed E-state index contributed by atoms with van der Waals surface area (Å²) in [6, 6.07) is 12.7. The first kappa shape index (κ1) is 14.6. The number of aryl methyl sites for hydroxylation is 2. The van der Waals surface area contributed by atoms with Gasteiger partial charge in [-0.2, -0.15) is 0 Å². The van der Waals surface area contributed by atoms with Gasteiger partial charge in [0.2, 0.25) is 0 Å². The number of rotatable bonds is 3. The summed E-state index contributed by atoms with van der Waals surface area (Å²) in [5.74, 6) is 0.907. The van der Waals surface area contributed by atoms with Crippen molar-refractivity contribution >= 4 is 31.9 Å². The first-order valence-electron chi connectivity index (χ1n) is 6.07. The zero-order chi connectivity index (χ0) is 14.0. The van der Waals surface area contributed by atoms with Crippen LogP contribution in [0.4, 0.5) is 0 Å². The van der Waals surface area contributed by atoms with E-state index in [4.69, 9.17) is 4.74 Å². The van der Waals surface area contributed by atoms with E-state index in [0.717, 1.165) is 15.8 Å². The fourth-order valence-electron chi connectivity index (χ4n) is 2.05. The van der Waals surface area contributed by atoms with Crippen LogP contribution in [0.2, 0.25) is 0 Å². The topological polar surface area (TPSA) is 9.23 Å². The molecule has 0 amide bonds. The van der Waals surface area contributed by atoms with E-state index in [1.807, 2.05) is 0 Å². The standard InChI is InChI=1S/C16H16Br2O/c1-10-5-4-6-12(7-10)16(18)13-9-14(17)11(2)8-15(13)19-3/h4-9,16H,1-3H3. The minimum absolute atomic E-state index is 0.124. The van der Waals surface area contributed by atoms with Crippen LogP contribution in [0.25, 0.3) is 0 Å². The van der Waals surface area contributed by atoms with Crippen molar-refractivity contribution in [3.05, 3.63) is 63.1 Å². The summed E-state index contributed by atoms with van der Waals surface area (Å²) in [4.78, 5) is 0.124. The van der Waals surface area contributed by atoms with E-state index < -0.39 is 0 Å². The van der Waals surface area contributed by atoms with Crippen molar-refractivity contribution < 1.29 is 4.74 Å². The number of ether oxygens (including phenoxy) is 1. The lowest BCUT2D eigenvalue weighted by Crippen LogP contribution is -1.98. The molecule has 0 fully saturated rings. The van der Waals surface area contributed by atoms with Crippen LogP contribution in [0, 0.1) is 13.8 Å². The summed E-state index contributed by atoms with van der Waals surface area (Å²) in [5.41, 5.74) is 4.79. The monoisotopic (exact) mass is 382 g/mol. The molecule has 3 heteroatoms. The Hall–Kier alpha value is -0.800. The van der Waals surface area contributed by atoms with Gasteiger partial charge < -0.3 is 4.74 Å². The maximum atomic E-state index is 5.50. The molecular formula is C16H16Br2O. The molecule has 0 saturated heterocycles. The lowest BCUT2D eigenvalue weighted by atomic mass is 10.0. The molecule has 0 saturated carbocycles. The summed E-state index contributed by atoms with van der Waals surface area (Å²) >= 11 is 7.37. The highest BCUT2D eigenvalue weighted by molar-refractivity contribution is 9.10. The highest BCUT2D eigenvalue weighted by Gasteiger charge is 2.17. The molecule has 2 rings (SSSR count). The molecule has 19 heavy (non-hydrogen) atoms. The van der Waals surface area contributed by atoms with E-state index in [1.165, 1.54) is 16.7 Å². The Labute approximate surface area is 131 Å². The first-order chi connectivity index (χ1) is 9.02. The molecule has 0 spiro atoms. The van der Waals surface area contributed by atoms with Crippen molar-refractivity contribution in [2.45, 2.75) is 18.7 Å². The third-order valence-corrected chi connectivity index (χ3v) is 5.00. The van der Waals surface area contributed by atoms with Crippen molar-refractivity contribution in [1.82, 2.24) is 0 Å². The smallest absolute Gasteiger partial charge is 0.123 e. The molecule has 2 aromatic rings. The van der Waals surface area contributed by atoms with Crippen LogP contribution >= 0.6 is 31.9 Å². The normalized spacial score (nSPS) is 12.3. The van der Waals surface area contributed by atoms with Gasteiger partial charge in [0.05, 0.1) is 11.9 Å². The molecule has 0 aliphatic heterocycles. The molecule has 0 bridgehead atoms. The van der Waals surface area contributed by atoms with Gasteiger partial charge in [-0.3, -0.25) is 0 Å². The molecule has 1 nitrogen and oxygen atoms in total. The molecular weight excluding hydrogens is 368 g/mol. The fraction of sp³-hybridized carbons (Fsp3) is 0.250. The molecule has 0 N–H and O–H groups in total. The van der Waals surface area contributed by atoms with Crippen LogP contribution in [-0.2, 0) is 0 Å². The SMILES string of the molecule is COc1cc(C)c(Br)cc1C(Br)c1cccc(C)c1. The van der Waals surface area contributed by atoms with E-state index >= 15 is 0 Å². The largest absolute Gasteiger partial charge is 0.496 e. The Balaban J connectivity index is 2.49. The highest BCUT2D eigenvalue weighted by atomic mass is 79.9. The quantitative estimate of drug-likeness (QED) is 0.630. The Kier molecular flexibility index (Phi) is 4.69. The second kappa shape index (κ2) is 6.10. The number of hydrogen-bond donors (Lipinski definition) is 0. The average Bonchev–Trinajstić information content (AvgIpc) is 2.40. The summed E-state index contributed by atoms with van der Waals surface area (Å²) in [5, 5.41) is 0. The van der Waals surface area contributed by atoms with Crippen molar-refractivity contribution in [1.29, 1.82) is 0 Å². The number of hydrogen-bond acceptors (Lipinski definition) is 1. The van der Waals surface area contributed by atoms with Gasteiger partial charge in [0.15, 0.2) is 0 Å². The molecule has 0 aliphatic carbocycles. The minimum Gasteiger partial charge on any atom is -0.496 e. The van der Waals surface area contributed by atoms with Crippen molar-refractivity contribution in [2.75, 3.05) is 7.11 Å². The Morgan fingerprint density at radius 3 is 2.47 bits per heavy atom. The third-order valence-electron chi connectivity index (χ3n) is 3.12. The van der Waals surface area contributed by atoms with Gasteiger partial charge in [-0.1, -0.05) is 61.7 Å². The second-order valence-corrected chi connectivity index (χ2v) is 6.39. The number of halogens is 2. The maximum Gasteiger partial charge on any atom is 0.123 e. The molecule has 0 aliphatic rings. The lowest BCUT2D eigenvalue weighted by Gasteiger charge is -2.17. The molecule has 1 unspecified atom stereocenters. The van der Waals surface area contributed by atoms with Crippen molar-refractivity contribution in [2.24, 2.45) is 0 Å². The van der Waals surface area contributed by atoms with Gasteiger partial charge >= 0.3 is 0 Å². The predicted molar refractivity (Wildman–Crippen MR) is 87.4 cm³/mol. The van der Waals surface area contributed by atoms with Gasteiger partial charge in [-0.15, -0.1) is 0 Å². The van der Waals surface area contributed by atoms with E-state index in [-0.39, 0.29) is 4.83 Å². The summed E-state index contributed by atoms with van der Waals surface area (Å²) in [6.07, 6.45) is 0. The molecule has 0 aromatic heterocycles. The van der Waals surface area contributed by atoms with Crippen LogP contribution < -0.4 is 4.74 Å². The van der Waals surface area contributed by atoms with Gasteiger partial charge in [0, 0.05) is 10.0 Å². The summed E-state index contributed by atoms with van der Waals surface area (Å²) in [7, 11) is 1.71. The number of methoxy groups -OCH3 is 1. The van der Waals surface area contributed by atoms with Crippen LogP contribution in [0.5, 0.6) is 5.75 Å². The van der Waals surface area contributed by atoms with Gasteiger partial charge in [0.25, 0.3) is 0 Å². The van der Waals surface area contributed by atoms with Crippen LogP contribution in [-0.4, -0.2) is 7.11 Å². The van der Waals surface area contributed by atoms with Gasteiger partial charge in [0.1, 0.15) is 5.75 Å². The highest BCUT2D eigenvalue weighted by Crippen LogP contribution is 2.39. The van der Waals surface area contributed by atoms with Crippen LogP contribution in [0.15, 0.2) is 40.9 Å².